The maximum Gasteiger partial charge on any atom is 0.159 e. The lowest BCUT2D eigenvalue weighted by Crippen LogP contribution is -2.39. The predicted octanol–water partition coefficient (Wildman–Crippen LogP) is 6.12. The second kappa shape index (κ2) is 10.5. The minimum Gasteiger partial charge on any atom is -0.508 e. The van der Waals surface area contributed by atoms with Gasteiger partial charge < -0.3 is 24.2 Å². The number of fused-ring (bicyclic) bond motifs is 2. The molecule has 5 nitrogen and oxygen atoms in total. The van der Waals surface area contributed by atoms with Crippen LogP contribution in [0.15, 0.2) is 60.7 Å². The first-order chi connectivity index (χ1) is 18.1. The van der Waals surface area contributed by atoms with Crippen molar-refractivity contribution in [3.8, 4) is 5.75 Å². The second-order valence-electron chi connectivity index (χ2n) is 10.7. The van der Waals surface area contributed by atoms with Crippen LogP contribution in [0.3, 0.4) is 0 Å². The Morgan fingerprint density at radius 1 is 0.838 bits per heavy atom. The number of aryl methyl sites for hydroxylation is 2. The van der Waals surface area contributed by atoms with Crippen molar-refractivity contribution in [1.29, 1.82) is 0 Å². The van der Waals surface area contributed by atoms with E-state index >= 15 is 0 Å². The number of phenolic OH excluding ortho intramolecular Hbond substituents is 1. The van der Waals surface area contributed by atoms with Gasteiger partial charge in [0, 0.05) is 44.8 Å². The molecule has 1 N–H and O–H groups in total. The van der Waals surface area contributed by atoms with Crippen LogP contribution >= 0.6 is 0 Å². The Morgan fingerprint density at radius 2 is 1.57 bits per heavy atom. The largest absolute Gasteiger partial charge is 0.508 e. The van der Waals surface area contributed by atoms with Crippen LogP contribution in [0.5, 0.6) is 5.75 Å². The Balaban J connectivity index is 1.28. The minimum absolute atomic E-state index is 0.0513. The molecule has 5 heteroatoms. The molecule has 194 valence electrons. The van der Waals surface area contributed by atoms with Crippen LogP contribution in [0.1, 0.15) is 64.7 Å². The molecule has 0 amide bonds. The zero-order chi connectivity index (χ0) is 25.4. The van der Waals surface area contributed by atoms with Gasteiger partial charge in [0.1, 0.15) is 5.75 Å². The molecule has 3 aromatic carbocycles. The average molecular weight is 500 g/mol. The SMILES string of the molecule is COC(OC)C1CCN(c2ccc([C@H]3c4ccc(O)cc4CO[C@H]3c3ccc4c(c3)CCC4)cc2)CC1. The Hall–Kier alpha value is -2.86. The molecule has 37 heavy (non-hydrogen) atoms. The highest BCUT2D eigenvalue weighted by atomic mass is 16.7. The molecule has 0 radical (unpaired) electrons. The van der Waals surface area contributed by atoms with Gasteiger partial charge in [-0.1, -0.05) is 36.4 Å². The van der Waals surface area contributed by atoms with Crippen molar-refractivity contribution >= 4 is 5.69 Å². The van der Waals surface area contributed by atoms with Gasteiger partial charge in [-0.15, -0.1) is 0 Å². The number of anilines is 1. The molecule has 3 aromatic rings. The molecule has 0 bridgehead atoms. The molecule has 2 atom stereocenters. The summed E-state index contributed by atoms with van der Waals surface area (Å²) in [6, 6.07) is 21.7. The number of hydrogen-bond donors (Lipinski definition) is 1. The molecular formula is C32H37NO4. The van der Waals surface area contributed by atoms with E-state index in [1.54, 1.807) is 14.2 Å². The van der Waals surface area contributed by atoms with Crippen molar-refractivity contribution in [2.24, 2.45) is 5.92 Å². The molecule has 1 saturated heterocycles. The van der Waals surface area contributed by atoms with Crippen molar-refractivity contribution in [2.45, 2.75) is 57.0 Å². The van der Waals surface area contributed by atoms with Crippen LogP contribution in [-0.4, -0.2) is 38.7 Å². The molecule has 3 aliphatic rings. The normalized spacial score (nSPS) is 21.8. The third kappa shape index (κ3) is 4.76. The summed E-state index contributed by atoms with van der Waals surface area (Å²) in [5, 5.41) is 10.1. The van der Waals surface area contributed by atoms with E-state index in [1.807, 2.05) is 12.1 Å². The standard InChI is InChI=1S/C32H37NO4/c1-35-32(36-2)23-14-16-33(17-15-23)27-10-8-22(9-11-27)30-29-13-12-28(34)19-26(29)20-37-31(30)25-7-6-21-4-3-5-24(21)18-25/h6-13,18-19,23,30-32,34H,3-5,14-17,20H2,1-2H3/t30-,31-/m0/s1. The fourth-order valence-electron chi connectivity index (χ4n) is 6.67. The molecule has 1 fully saturated rings. The quantitative estimate of drug-likeness (QED) is 0.414. The molecule has 2 heterocycles. The van der Waals surface area contributed by atoms with Crippen molar-refractivity contribution in [2.75, 3.05) is 32.2 Å². The summed E-state index contributed by atoms with van der Waals surface area (Å²) >= 11 is 0. The third-order valence-electron chi connectivity index (χ3n) is 8.64. The average Bonchev–Trinajstić information content (AvgIpc) is 3.42. The second-order valence-corrected chi connectivity index (χ2v) is 10.7. The summed E-state index contributed by atoms with van der Waals surface area (Å²) < 4.78 is 17.5. The first kappa shape index (κ1) is 24.5. The van der Waals surface area contributed by atoms with E-state index in [0.29, 0.717) is 18.3 Å². The Morgan fingerprint density at radius 3 is 2.32 bits per heavy atom. The fraction of sp³-hybridized carbons (Fsp3) is 0.438. The van der Waals surface area contributed by atoms with Gasteiger partial charge in [-0.3, -0.25) is 0 Å². The number of rotatable bonds is 6. The first-order valence-corrected chi connectivity index (χ1v) is 13.6. The number of piperidine rings is 1. The zero-order valence-corrected chi connectivity index (χ0v) is 21.9. The summed E-state index contributed by atoms with van der Waals surface area (Å²) in [4.78, 5) is 2.46. The molecule has 6 rings (SSSR count). The summed E-state index contributed by atoms with van der Waals surface area (Å²) in [5.74, 6) is 0.804. The highest BCUT2D eigenvalue weighted by Crippen LogP contribution is 2.46. The van der Waals surface area contributed by atoms with Gasteiger partial charge >= 0.3 is 0 Å². The summed E-state index contributed by atoms with van der Waals surface area (Å²) in [5.41, 5.74) is 9.02. The van der Waals surface area contributed by atoms with Crippen LogP contribution in [-0.2, 0) is 33.7 Å². The number of hydrogen-bond acceptors (Lipinski definition) is 5. The van der Waals surface area contributed by atoms with E-state index in [-0.39, 0.29) is 18.3 Å². The maximum atomic E-state index is 10.1. The summed E-state index contributed by atoms with van der Waals surface area (Å²) in [6.45, 7) is 2.51. The molecular weight excluding hydrogens is 462 g/mol. The lowest BCUT2D eigenvalue weighted by Gasteiger charge is -2.37. The van der Waals surface area contributed by atoms with Crippen molar-refractivity contribution < 1.29 is 19.3 Å². The van der Waals surface area contributed by atoms with Gasteiger partial charge in [-0.05, 0) is 89.8 Å². The molecule has 0 spiro atoms. The van der Waals surface area contributed by atoms with Crippen LogP contribution in [0.2, 0.25) is 0 Å². The van der Waals surface area contributed by atoms with Gasteiger partial charge in [0.05, 0.1) is 12.7 Å². The van der Waals surface area contributed by atoms with Crippen LogP contribution in [0.4, 0.5) is 5.69 Å². The Labute approximate surface area is 220 Å². The van der Waals surface area contributed by atoms with Gasteiger partial charge in [-0.25, -0.2) is 0 Å². The van der Waals surface area contributed by atoms with E-state index in [9.17, 15) is 5.11 Å². The lowest BCUT2D eigenvalue weighted by atomic mass is 9.79. The van der Waals surface area contributed by atoms with Crippen LogP contribution < -0.4 is 4.90 Å². The lowest BCUT2D eigenvalue weighted by molar-refractivity contribution is -0.141. The predicted molar refractivity (Wildman–Crippen MR) is 145 cm³/mol. The van der Waals surface area contributed by atoms with Gasteiger partial charge in [0.25, 0.3) is 0 Å². The number of benzene rings is 3. The van der Waals surface area contributed by atoms with Crippen molar-refractivity contribution in [3.63, 3.8) is 0 Å². The van der Waals surface area contributed by atoms with Gasteiger partial charge in [-0.2, -0.15) is 0 Å². The van der Waals surface area contributed by atoms with Gasteiger partial charge in [0.2, 0.25) is 0 Å². The van der Waals surface area contributed by atoms with E-state index in [4.69, 9.17) is 14.2 Å². The highest BCUT2D eigenvalue weighted by molar-refractivity contribution is 5.52. The van der Waals surface area contributed by atoms with Crippen molar-refractivity contribution in [1.82, 2.24) is 0 Å². The smallest absolute Gasteiger partial charge is 0.159 e. The number of ether oxygens (including phenoxy) is 3. The molecule has 2 aliphatic heterocycles. The third-order valence-corrected chi connectivity index (χ3v) is 8.64. The van der Waals surface area contributed by atoms with Crippen molar-refractivity contribution in [3.05, 3.63) is 94.0 Å². The molecule has 0 saturated carbocycles. The van der Waals surface area contributed by atoms with E-state index < -0.39 is 0 Å². The minimum atomic E-state index is -0.119. The topological polar surface area (TPSA) is 51.2 Å². The summed E-state index contributed by atoms with van der Waals surface area (Å²) in [7, 11) is 3.45. The molecule has 0 unspecified atom stereocenters. The summed E-state index contributed by atoms with van der Waals surface area (Å²) in [6.07, 6.45) is 5.53. The maximum absolute atomic E-state index is 10.1. The number of nitrogens with zero attached hydrogens (tertiary/aromatic N) is 1. The highest BCUT2D eigenvalue weighted by Gasteiger charge is 2.34. The van der Waals surface area contributed by atoms with Crippen LogP contribution in [0.25, 0.3) is 0 Å². The number of phenols is 1. The first-order valence-electron chi connectivity index (χ1n) is 13.6. The van der Waals surface area contributed by atoms with E-state index in [1.165, 1.54) is 46.3 Å². The number of methoxy groups -OCH3 is 2. The van der Waals surface area contributed by atoms with E-state index in [0.717, 1.165) is 37.9 Å². The number of aromatic hydroxyl groups is 1. The monoisotopic (exact) mass is 499 g/mol. The fourth-order valence-corrected chi connectivity index (χ4v) is 6.67. The van der Waals surface area contributed by atoms with Gasteiger partial charge in [0.15, 0.2) is 6.29 Å². The Bertz CT molecular complexity index is 1230. The molecule has 1 aliphatic carbocycles. The van der Waals surface area contributed by atoms with Crippen LogP contribution in [0, 0.1) is 5.92 Å². The Kier molecular flexibility index (Phi) is 6.94. The molecule has 0 aromatic heterocycles. The van der Waals surface area contributed by atoms with E-state index in [2.05, 4.69) is 53.4 Å². The zero-order valence-electron chi connectivity index (χ0n) is 21.9.